The van der Waals surface area contributed by atoms with E-state index in [1.807, 2.05) is 12.1 Å². The summed E-state index contributed by atoms with van der Waals surface area (Å²) in [7, 11) is 0. The Hall–Kier alpha value is -0.830. The second-order valence-corrected chi connectivity index (χ2v) is 7.52. The summed E-state index contributed by atoms with van der Waals surface area (Å²) in [6, 6.07) is 8.44. The van der Waals surface area contributed by atoms with E-state index in [-0.39, 0.29) is 17.5 Å². The Morgan fingerprint density at radius 1 is 1.19 bits per heavy atom. The van der Waals surface area contributed by atoms with E-state index in [1.54, 1.807) is 5.57 Å². The van der Waals surface area contributed by atoms with Gasteiger partial charge in [0, 0.05) is 30.2 Å². The highest BCUT2D eigenvalue weighted by Crippen LogP contribution is 2.33. The molecule has 2 N–H and O–H groups in total. The van der Waals surface area contributed by atoms with Crippen LogP contribution < -0.4 is 5.73 Å². The van der Waals surface area contributed by atoms with E-state index in [0.717, 1.165) is 24.5 Å². The molecule has 0 saturated heterocycles. The molecule has 2 nitrogen and oxygen atoms in total. The van der Waals surface area contributed by atoms with Gasteiger partial charge in [-0.15, -0.1) is 0 Å². The summed E-state index contributed by atoms with van der Waals surface area (Å²) in [5.41, 5.74) is 9.34. The van der Waals surface area contributed by atoms with Gasteiger partial charge in [-0.05, 0) is 36.5 Å². The normalized spacial score (nSPS) is 20.0. The van der Waals surface area contributed by atoms with Crippen LogP contribution in [0.4, 0.5) is 0 Å². The van der Waals surface area contributed by atoms with E-state index in [1.165, 1.54) is 5.56 Å². The molecule has 2 rings (SSSR count). The molecule has 1 aliphatic heterocycles. The van der Waals surface area contributed by atoms with E-state index in [4.69, 9.17) is 17.3 Å². The number of hydrogen-bond donors (Lipinski definition) is 1. The van der Waals surface area contributed by atoms with Gasteiger partial charge in [0.15, 0.2) is 0 Å². The molecule has 0 bridgehead atoms. The van der Waals surface area contributed by atoms with Crippen LogP contribution in [0.2, 0.25) is 5.02 Å². The van der Waals surface area contributed by atoms with Crippen molar-refractivity contribution in [3.63, 3.8) is 0 Å². The maximum atomic E-state index is 6.26. The zero-order chi connectivity index (χ0) is 15.6. The zero-order valence-electron chi connectivity index (χ0n) is 13.6. The zero-order valence-corrected chi connectivity index (χ0v) is 14.3. The molecule has 1 heterocycles. The fraction of sp³-hybridized carbons (Fsp3) is 0.556. The molecule has 116 valence electrons. The molecule has 21 heavy (non-hydrogen) atoms. The van der Waals surface area contributed by atoms with Crippen molar-refractivity contribution in [1.29, 1.82) is 0 Å². The van der Waals surface area contributed by atoms with Crippen LogP contribution in [0, 0.1) is 5.41 Å². The van der Waals surface area contributed by atoms with E-state index < -0.39 is 0 Å². The third-order valence-corrected chi connectivity index (χ3v) is 4.56. The standard InChI is InChI=1S/C18H27ClN2/c1-13(20)17(14-5-7-16(19)8-6-14)21-11-9-15(10-12-21)18(2,3)4/h5-9,13,17H,10-12,20H2,1-4H3. The lowest BCUT2D eigenvalue weighted by Crippen LogP contribution is -2.42. The fourth-order valence-electron chi connectivity index (χ4n) is 3.13. The van der Waals surface area contributed by atoms with Crippen LogP contribution in [0.25, 0.3) is 0 Å². The van der Waals surface area contributed by atoms with E-state index in [0.29, 0.717) is 0 Å². The van der Waals surface area contributed by atoms with Crippen LogP contribution >= 0.6 is 11.6 Å². The lowest BCUT2D eigenvalue weighted by molar-refractivity contribution is 0.184. The second kappa shape index (κ2) is 6.51. The van der Waals surface area contributed by atoms with Crippen LogP contribution in [0.1, 0.15) is 45.7 Å². The minimum atomic E-state index is 0.0933. The minimum absolute atomic E-state index is 0.0933. The van der Waals surface area contributed by atoms with Crippen molar-refractivity contribution < 1.29 is 0 Å². The first kappa shape index (κ1) is 16.5. The Morgan fingerprint density at radius 2 is 1.81 bits per heavy atom. The molecule has 2 unspecified atom stereocenters. The maximum Gasteiger partial charge on any atom is 0.0499 e. The number of hydrogen-bond acceptors (Lipinski definition) is 2. The summed E-state index contributed by atoms with van der Waals surface area (Å²) in [5, 5.41) is 0.774. The van der Waals surface area contributed by atoms with Crippen LogP contribution in [0.15, 0.2) is 35.9 Å². The third kappa shape index (κ3) is 4.09. The van der Waals surface area contributed by atoms with Crippen molar-refractivity contribution in [3.05, 3.63) is 46.5 Å². The third-order valence-electron chi connectivity index (χ3n) is 4.31. The molecule has 1 aromatic carbocycles. The first-order chi connectivity index (χ1) is 9.79. The Morgan fingerprint density at radius 3 is 2.24 bits per heavy atom. The molecule has 0 radical (unpaired) electrons. The largest absolute Gasteiger partial charge is 0.326 e. The molecule has 1 aromatic rings. The van der Waals surface area contributed by atoms with Gasteiger partial charge < -0.3 is 5.73 Å². The molecular weight excluding hydrogens is 280 g/mol. The summed E-state index contributed by atoms with van der Waals surface area (Å²) in [4.78, 5) is 2.48. The van der Waals surface area contributed by atoms with Gasteiger partial charge in [-0.3, -0.25) is 4.90 Å². The molecule has 0 amide bonds. The van der Waals surface area contributed by atoms with E-state index in [2.05, 4.69) is 50.8 Å². The predicted molar refractivity (Wildman–Crippen MR) is 91.6 cm³/mol. The number of rotatable bonds is 3. The second-order valence-electron chi connectivity index (χ2n) is 7.08. The molecule has 2 atom stereocenters. The van der Waals surface area contributed by atoms with Crippen molar-refractivity contribution in [2.75, 3.05) is 13.1 Å². The van der Waals surface area contributed by atoms with Crippen LogP contribution in [0.3, 0.4) is 0 Å². The van der Waals surface area contributed by atoms with Crippen LogP contribution in [-0.4, -0.2) is 24.0 Å². The van der Waals surface area contributed by atoms with E-state index >= 15 is 0 Å². The van der Waals surface area contributed by atoms with Gasteiger partial charge >= 0.3 is 0 Å². The van der Waals surface area contributed by atoms with Gasteiger partial charge in [-0.25, -0.2) is 0 Å². The van der Waals surface area contributed by atoms with Gasteiger partial charge in [-0.1, -0.05) is 56.2 Å². The fourth-order valence-corrected chi connectivity index (χ4v) is 3.25. The summed E-state index contributed by atoms with van der Waals surface area (Å²) in [5.74, 6) is 0. The van der Waals surface area contributed by atoms with Crippen LogP contribution in [-0.2, 0) is 0 Å². The minimum Gasteiger partial charge on any atom is -0.326 e. The number of nitrogens with two attached hydrogens (primary N) is 1. The topological polar surface area (TPSA) is 29.3 Å². The predicted octanol–water partition coefficient (Wildman–Crippen LogP) is 4.41. The van der Waals surface area contributed by atoms with Crippen molar-refractivity contribution in [2.24, 2.45) is 11.1 Å². The molecule has 0 fully saturated rings. The first-order valence-electron chi connectivity index (χ1n) is 7.73. The Bertz CT molecular complexity index is 497. The van der Waals surface area contributed by atoms with Crippen molar-refractivity contribution in [2.45, 2.75) is 46.2 Å². The molecule has 1 aliphatic rings. The van der Waals surface area contributed by atoms with Gasteiger partial charge in [0.25, 0.3) is 0 Å². The smallest absolute Gasteiger partial charge is 0.0499 e. The Labute approximate surface area is 134 Å². The molecule has 3 heteroatoms. The summed E-state index contributed by atoms with van der Waals surface area (Å²) in [6.45, 7) is 11.0. The lowest BCUT2D eigenvalue weighted by Gasteiger charge is -2.38. The number of nitrogens with zero attached hydrogens (tertiary/aromatic N) is 1. The van der Waals surface area contributed by atoms with Gasteiger partial charge in [-0.2, -0.15) is 0 Å². The average Bonchev–Trinajstić information content (AvgIpc) is 2.40. The molecular formula is C18H27ClN2. The summed E-state index contributed by atoms with van der Waals surface area (Å²) in [6.07, 6.45) is 3.51. The lowest BCUT2D eigenvalue weighted by atomic mass is 9.82. The maximum absolute atomic E-state index is 6.26. The summed E-state index contributed by atoms with van der Waals surface area (Å²) >= 11 is 6.00. The number of benzene rings is 1. The highest BCUT2D eigenvalue weighted by molar-refractivity contribution is 6.30. The van der Waals surface area contributed by atoms with Gasteiger partial charge in [0.2, 0.25) is 0 Å². The molecule has 0 aromatic heterocycles. The quantitative estimate of drug-likeness (QED) is 0.838. The first-order valence-corrected chi connectivity index (χ1v) is 8.11. The van der Waals surface area contributed by atoms with Crippen molar-refractivity contribution in [1.82, 2.24) is 4.90 Å². The van der Waals surface area contributed by atoms with Crippen molar-refractivity contribution >= 4 is 11.6 Å². The number of halogens is 1. The highest BCUT2D eigenvalue weighted by atomic mass is 35.5. The van der Waals surface area contributed by atoms with Crippen LogP contribution in [0.5, 0.6) is 0 Å². The SMILES string of the molecule is CC(N)C(c1ccc(Cl)cc1)N1CC=C(C(C)(C)C)CC1. The summed E-state index contributed by atoms with van der Waals surface area (Å²) < 4.78 is 0. The van der Waals surface area contributed by atoms with E-state index in [9.17, 15) is 0 Å². The average molecular weight is 307 g/mol. The van der Waals surface area contributed by atoms with Gasteiger partial charge in [0.05, 0.1) is 0 Å². The Balaban J connectivity index is 2.18. The molecule has 0 saturated carbocycles. The van der Waals surface area contributed by atoms with Gasteiger partial charge in [0.1, 0.15) is 0 Å². The Kier molecular flexibility index (Phi) is 5.13. The molecule has 0 spiro atoms. The van der Waals surface area contributed by atoms with Crippen molar-refractivity contribution in [3.8, 4) is 0 Å². The monoisotopic (exact) mass is 306 g/mol. The molecule has 0 aliphatic carbocycles. The highest BCUT2D eigenvalue weighted by Gasteiger charge is 2.28.